The minimum Gasteiger partial charge on any atom is -0.373 e. The van der Waals surface area contributed by atoms with Crippen LogP contribution in [0, 0.1) is 5.82 Å². The van der Waals surface area contributed by atoms with Crippen LogP contribution in [-0.2, 0) is 21.3 Å². The average molecular weight is 302 g/mol. The summed E-state index contributed by atoms with van der Waals surface area (Å²) in [6, 6.07) is 3.78. The molecule has 0 amide bonds. The second-order valence-electron chi connectivity index (χ2n) is 5.25. The van der Waals surface area contributed by atoms with Gasteiger partial charge in [0.05, 0.1) is 17.1 Å². The van der Waals surface area contributed by atoms with Crippen molar-refractivity contribution in [3.63, 3.8) is 0 Å². The summed E-state index contributed by atoms with van der Waals surface area (Å²) in [7, 11) is -3.87. The summed E-state index contributed by atoms with van der Waals surface area (Å²) in [5.41, 5.74) is 0.457. The molecule has 0 spiro atoms. The zero-order chi connectivity index (χ0) is 14.9. The van der Waals surface area contributed by atoms with Crippen LogP contribution in [0.4, 0.5) is 4.39 Å². The number of nitrogens with two attached hydrogens (primary N) is 1. The summed E-state index contributed by atoms with van der Waals surface area (Å²) in [5, 5.41) is 4.97. The first-order valence-electron chi connectivity index (χ1n) is 6.45. The van der Waals surface area contributed by atoms with Crippen molar-refractivity contribution in [3.8, 4) is 0 Å². The highest BCUT2D eigenvalue weighted by atomic mass is 32.2. The molecule has 0 saturated carbocycles. The van der Waals surface area contributed by atoms with E-state index >= 15 is 0 Å². The summed E-state index contributed by atoms with van der Waals surface area (Å²) in [6.45, 7) is 5.82. The van der Waals surface area contributed by atoms with Crippen molar-refractivity contribution in [2.24, 2.45) is 5.14 Å². The van der Waals surface area contributed by atoms with Crippen LogP contribution in [0.3, 0.4) is 0 Å². The van der Waals surface area contributed by atoms with E-state index in [0.717, 1.165) is 19.2 Å². The largest absolute Gasteiger partial charge is 0.373 e. The lowest BCUT2D eigenvalue weighted by Gasteiger charge is -2.35. The molecule has 0 aromatic heterocycles. The molecule has 1 heterocycles. The van der Waals surface area contributed by atoms with Gasteiger partial charge in [-0.3, -0.25) is 4.90 Å². The molecule has 1 aliphatic rings. The van der Waals surface area contributed by atoms with E-state index < -0.39 is 15.8 Å². The molecule has 1 fully saturated rings. The lowest BCUT2D eigenvalue weighted by Crippen LogP contribution is -2.44. The Morgan fingerprint density at radius 3 is 2.45 bits per heavy atom. The molecule has 2 atom stereocenters. The average Bonchev–Trinajstić information content (AvgIpc) is 2.29. The highest BCUT2D eigenvalue weighted by molar-refractivity contribution is 7.89. The maximum absolute atomic E-state index is 14.0. The molecule has 0 aliphatic carbocycles. The number of morpholine rings is 1. The molecule has 5 nitrogen and oxygen atoms in total. The first-order valence-corrected chi connectivity index (χ1v) is 7.99. The van der Waals surface area contributed by atoms with E-state index in [1.54, 1.807) is 0 Å². The Morgan fingerprint density at radius 1 is 1.35 bits per heavy atom. The van der Waals surface area contributed by atoms with Crippen molar-refractivity contribution >= 4 is 10.0 Å². The summed E-state index contributed by atoms with van der Waals surface area (Å²) >= 11 is 0. The van der Waals surface area contributed by atoms with Gasteiger partial charge in [-0.25, -0.2) is 17.9 Å². The topological polar surface area (TPSA) is 72.6 Å². The number of rotatable bonds is 3. The molecule has 0 radical (unpaired) electrons. The number of halogens is 1. The smallest absolute Gasteiger partial charge is 0.238 e. The maximum Gasteiger partial charge on any atom is 0.238 e. The minimum absolute atomic E-state index is 0.102. The van der Waals surface area contributed by atoms with Gasteiger partial charge in [0, 0.05) is 25.2 Å². The second-order valence-corrected chi connectivity index (χ2v) is 6.81. The number of nitrogens with zero attached hydrogens (tertiary/aromatic N) is 1. The number of ether oxygens (including phenoxy) is 1. The van der Waals surface area contributed by atoms with Crippen LogP contribution < -0.4 is 5.14 Å². The lowest BCUT2D eigenvalue weighted by atomic mass is 10.1. The standard InChI is InChI=1S/C13H19FN2O3S/c1-9-6-16(7-10(2)19-9)8-11-3-4-12(5-13(11)14)20(15,17)18/h3-5,9-10H,6-8H2,1-2H3,(H2,15,17,18). The van der Waals surface area contributed by atoms with Crippen LogP contribution in [0.1, 0.15) is 19.4 Å². The van der Waals surface area contributed by atoms with Crippen molar-refractivity contribution in [2.75, 3.05) is 13.1 Å². The van der Waals surface area contributed by atoms with E-state index in [1.807, 2.05) is 13.8 Å². The van der Waals surface area contributed by atoms with Crippen LogP contribution in [0.5, 0.6) is 0 Å². The van der Waals surface area contributed by atoms with Crippen molar-refractivity contribution in [3.05, 3.63) is 29.6 Å². The van der Waals surface area contributed by atoms with Crippen LogP contribution in [0.25, 0.3) is 0 Å². The van der Waals surface area contributed by atoms with E-state index in [0.29, 0.717) is 12.1 Å². The predicted molar refractivity (Wildman–Crippen MR) is 73.1 cm³/mol. The Kier molecular flexibility index (Phi) is 4.43. The molecule has 112 valence electrons. The van der Waals surface area contributed by atoms with E-state index in [-0.39, 0.29) is 17.1 Å². The van der Waals surface area contributed by atoms with Gasteiger partial charge >= 0.3 is 0 Å². The van der Waals surface area contributed by atoms with Gasteiger partial charge in [0.15, 0.2) is 0 Å². The van der Waals surface area contributed by atoms with E-state index in [1.165, 1.54) is 12.1 Å². The third-order valence-electron chi connectivity index (χ3n) is 3.24. The molecule has 2 N–H and O–H groups in total. The number of benzene rings is 1. The van der Waals surface area contributed by atoms with Crippen LogP contribution in [0.2, 0.25) is 0 Å². The molecule has 1 aromatic carbocycles. The van der Waals surface area contributed by atoms with E-state index in [9.17, 15) is 12.8 Å². The van der Waals surface area contributed by atoms with Gasteiger partial charge in [0.1, 0.15) is 5.82 Å². The van der Waals surface area contributed by atoms with Crippen molar-refractivity contribution in [1.29, 1.82) is 0 Å². The molecule has 1 aromatic rings. The molecule has 7 heteroatoms. The quantitative estimate of drug-likeness (QED) is 0.907. The second kappa shape index (κ2) is 5.77. The van der Waals surface area contributed by atoms with Gasteiger partial charge in [-0.2, -0.15) is 0 Å². The van der Waals surface area contributed by atoms with Gasteiger partial charge in [-0.05, 0) is 26.0 Å². The van der Waals surface area contributed by atoms with Crippen LogP contribution >= 0.6 is 0 Å². The van der Waals surface area contributed by atoms with Gasteiger partial charge in [-0.15, -0.1) is 0 Å². The fourth-order valence-corrected chi connectivity index (χ4v) is 3.01. The van der Waals surface area contributed by atoms with E-state index in [4.69, 9.17) is 9.88 Å². The number of hydrogen-bond donors (Lipinski definition) is 1. The van der Waals surface area contributed by atoms with Crippen molar-refractivity contribution < 1.29 is 17.5 Å². The molecule has 0 bridgehead atoms. The minimum atomic E-state index is -3.87. The summed E-state index contributed by atoms with van der Waals surface area (Å²) < 4.78 is 41.9. The Morgan fingerprint density at radius 2 is 1.95 bits per heavy atom. The van der Waals surface area contributed by atoms with Crippen LogP contribution in [-0.4, -0.2) is 38.6 Å². The fraction of sp³-hybridized carbons (Fsp3) is 0.538. The first kappa shape index (κ1) is 15.4. The Balaban J connectivity index is 2.14. The molecule has 2 unspecified atom stereocenters. The predicted octanol–water partition coefficient (Wildman–Crippen LogP) is 1.08. The fourth-order valence-electron chi connectivity index (χ4n) is 2.49. The summed E-state index contributed by atoms with van der Waals surface area (Å²) in [6.07, 6.45) is 0.205. The Hall–Kier alpha value is -1.02. The first-order chi connectivity index (χ1) is 9.25. The molecule has 20 heavy (non-hydrogen) atoms. The third kappa shape index (κ3) is 3.76. The number of sulfonamides is 1. The SMILES string of the molecule is CC1CN(Cc2ccc(S(N)(=O)=O)cc2F)CC(C)O1. The lowest BCUT2D eigenvalue weighted by molar-refractivity contribution is -0.0707. The molecule has 1 saturated heterocycles. The maximum atomic E-state index is 14.0. The third-order valence-corrected chi connectivity index (χ3v) is 4.15. The monoisotopic (exact) mass is 302 g/mol. The molecule has 2 rings (SSSR count). The highest BCUT2D eigenvalue weighted by Gasteiger charge is 2.23. The van der Waals surface area contributed by atoms with Crippen LogP contribution in [0.15, 0.2) is 23.1 Å². The zero-order valence-electron chi connectivity index (χ0n) is 11.5. The number of primary sulfonamides is 1. The zero-order valence-corrected chi connectivity index (χ0v) is 12.4. The summed E-state index contributed by atoms with van der Waals surface area (Å²) in [4.78, 5) is 1.89. The van der Waals surface area contributed by atoms with Gasteiger partial charge in [0.25, 0.3) is 0 Å². The van der Waals surface area contributed by atoms with Crippen molar-refractivity contribution in [2.45, 2.75) is 37.5 Å². The van der Waals surface area contributed by atoms with Gasteiger partial charge in [0.2, 0.25) is 10.0 Å². The van der Waals surface area contributed by atoms with Gasteiger partial charge < -0.3 is 4.74 Å². The van der Waals surface area contributed by atoms with E-state index in [2.05, 4.69) is 4.90 Å². The number of hydrogen-bond acceptors (Lipinski definition) is 4. The molecular formula is C13H19FN2O3S. The Labute approximate surface area is 118 Å². The molecular weight excluding hydrogens is 283 g/mol. The summed E-state index contributed by atoms with van der Waals surface area (Å²) in [5.74, 6) is -0.552. The molecule has 1 aliphatic heterocycles. The Bertz CT molecular complexity index is 581. The highest BCUT2D eigenvalue weighted by Crippen LogP contribution is 2.18. The normalized spacial score (nSPS) is 24.8. The van der Waals surface area contributed by atoms with Crippen molar-refractivity contribution in [1.82, 2.24) is 4.90 Å². The van der Waals surface area contributed by atoms with Gasteiger partial charge in [-0.1, -0.05) is 6.07 Å².